The lowest BCUT2D eigenvalue weighted by atomic mass is 9.93. The van der Waals surface area contributed by atoms with Crippen molar-refractivity contribution in [3.8, 4) is 5.75 Å². The molecule has 2 aromatic rings. The molecular weight excluding hydrogens is 500 g/mol. The molecule has 0 fully saturated rings. The summed E-state index contributed by atoms with van der Waals surface area (Å²) >= 11 is 7.32. The Balaban J connectivity index is 1.71. The fraction of sp³-hybridized carbons (Fsp3) is 0.556. The zero-order chi connectivity index (χ0) is 21.4. The molecule has 3 heteroatoms. The highest BCUT2D eigenvalue weighted by molar-refractivity contribution is 9.10. The van der Waals surface area contributed by atoms with Gasteiger partial charge in [-0.2, -0.15) is 0 Å². The van der Waals surface area contributed by atoms with Crippen LogP contribution in [0.15, 0.2) is 59.1 Å². The van der Waals surface area contributed by atoms with Crippen LogP contribution < -0.4 is 4.74 Å². The van der Waals surface area contributed by atoms with Gasteiger partial charge in [-0.25, -0.2) is 0 Å². The fourth-order valence-electron chi connectivity index (χ4n) is 3.90. The second kappa shape index (κ2) is 15.9. The second-order valence-electron chi connectivity index (χ2n) is 8.26. The van der Waals surface area contributed by atoms with E-state index in [-0.39, 0.29) is 5.01 Å². The van der Waals surface area contributed by atoms with E-state index in [0.29, 0.717) is 5.92 Å². The molecule has 0 aliphatic heterocycles. The average molecular weight is 538 g/mol. The Morgan fingerprint density at radius 2 is 1.23 bits per heavy atom. The van der Waals surface area contributed by atoms with Crippen molar-refractivity contribution in [2.24, 2.45) is 0 Å². The summed E-state index contributed by atoms with van der Waals surface area (Å²) < 4.78 is 7.30. The molecule has 0 aliphatic carbocycles. The Labute approximate surface area is 201 Å². The van der Waals surface area contributed by atoms with Crippen molar-refractivity contribution in [1.29, 1.82) is 0 Å². The molecule has 0 bridgehead atoms. The number of unbranched alkanes of at least 4 members (excludes halogenated alkanes) is 10. The van der Waals surface area contributed by atoms with E-state index in [1.165, 1.54) is 76.2 Å². The van der Waals surface area contributed by atoms with Gasteiger partial charge in [0.1, 0.15) is 5.75 Å². The second-order valence-corrected chi connectivity index (χ2v) is 10.1. The molecule has 0 aromatic heterocycles. The minimum atomic E-state index is -0.0239. The normalized spacial score (nSPS) is 13.2. The van der Waals surface area contributed by atoms with Gasteiger partial charge < -0.3 is 4.74 Å². The van der Waals surface area contributed by atoms with Gasteiger partial charge >= 0.3 is 0 Å². The molecule has 2 atom stereocenters. The molecular formula is C27H38Br2O. The first-order valence-electron chi connectivity index (χ1n) is 11.8. The molecule has 0 radical (unpaired) electrons. The van der Waals surface area contributed by atoms with Crippen molar-refractivity contribution in [2.75, 3.05) is 0 Å². The van der Waals surface area contributed by atoms with Crippen LogP contribution in [0.5, 0.6) is 5.75 Å². The van der Waals surface area contributed by atoms with E-state index in [1.807, 2.05) is 24.3 Å². The van der Waals surface area contributed by atoms with Crippen LogP contribution in [0.3, 0.4) is 0 Å². The first-order valence-corrected chi connectivity index (χ1v) is 13.5. The summed E-state index contributed by atoms with van der Waals surface area (Å²) in [5.41, 5.74) is 1.35. The highest BCUT2D eigenvalue weighted by Crippen LogP contribution is 2.33. The summed E-state index contributed by atoms with van der Waals surface area (Å²) in [6.07, 6.45) is 16.3. The van der Waals surface area contributed by atoms with Crippen LogP contribution in [0.1, 0.15) is 95.5 Å². The van der Waals surface area contributed by atoms with E-state index >= 15 is 0 Å². The average Bonchev–Trinajstić information content (AvgIpc) is 2.77. The number of ether oxygens (including phenoxy) is 1. The summed E-state index contributed by atoms with van der Waals surface area (Å²) in [6, 6.07) is 18.9. The lowest BCUT2D eigenvalue weighted by Crippen LogP contribution is -2.19. The topological polar surface area (TPSA) is 9.23 Å². The molecule has 0 saturated heterocycles. The molecule has 30 heavy (non-hydrogen) atoms. The number of halogens is 2. The molecule has 2 rings (SSSR count). The zero-order valence-corrected chi connectivity index (χ0v) is 21.7. The van der Waals surface area contributed by atoms with Crippen molar-refractivity contribution in [3.63, 3.8) is 0 Å². The third kappa shape index (κ3) is 10.5. The number of rotatable bonds is 16. The van der Waals surface area contributed by atoms with Gasteiger partial charge in [-0.1, -0.05) is 124 Å². The lowest BCUT2D eigenvalue weighted by Gasteiger charge is -2.24. The van der Waals surface area contributed by atoms with Gasteiger partial charge in [0.15, 0.2) is 5.01 Å². The highest BCUT2D eigenvalue weighted by atomic mass is 79.9. The van der Waals surface area contributed by atoms with Crippen LogP contribution in [0.25, 0.3) is 0 Å². The maximum atomic E-state index is 6.23. The molecule has 1 nitrogen and oxygen atoms in total. The first kappa shape index (κ1) is 25.5. The van der Waals surface area contributed by atoms with Gasteiger partial charge in [0.2, 0.25) is 0 Å². The molecule has 0 amide bonds. The van der Waals surface area contributed by atoms with Gasteiger partial charge in [0.05, 0.1) is 0 Å². The lowest BCUT2D eigenvalue weighted by molar-refractivity contribution is 0.251. The minimum Gasteiger partial charge on any atom is -0.479 e. The number of hydrogen-bond acceptors (Lipinski definition) is 1. The number of benzene rings is 2. The van der Waals surface area contributed by atoms with E-state index in [4.69, 9.17) is 4.74 Å². The monoisotopic (exact) mass is 536 g/mol. The van der Waals surface area contributed by atoms with Crippen LogP contribution in [0.4, 0.5) is 0 Å². The molecule has 166 valence electrons. The molecule has 0 aliphatic rings. The number of hydrogen-bond donors (Lipinski definition) is 0. The third-order valence-electron chi connectivity index (χ3n) is 5.73. The maximum Gasteiger partial charge on any atom is 0.160 e. The molecule has 0 spiro atoms. The predicted molar refractivity (Wildman–Crippen MR) is 138 cm³/mol. The summed E-state index contributed by atoms with van der Waals surface area (Å²) in [7, 11) is 0. The summed E-state index contributed by atoms with van der Waals surface area (Å²) in [6.45, 7) is 2.28. The maximum absolute atomic E-state index is 6.23. The van der Waals surface area contributed by atoms with Crippen molar-refractivity contribution < 1.29 is 4.74 Å². The van der Waals surface area contributed by atoms with Gasteiger partial charge in [0.25, 0.3) is 0 Å². The van der Waals surface area contributed by atoms with Crippen LogP contribution in [-0.4, -0.2) is 5.01 Å². The van der Waals surface area contributed by atoms with Crippen LogP contribution in [0.2, 0.25) is 0 Å². The van der Waals surface area contributed by atoms with Crippen molar-refractivity contribution in [1.82, 2.24) is 0 Å². The summed E-state index contributed by atoms with van der Waals surface area (Å²) in [5, 5.41) is -0.0239. The number of alkyl halides is 1. The Morgan fingerprint density at radius 3 is 1.80 bits per heavy atom. The summed E-state index contributed by atoms with van der Waals surface area (Å²) in [4.78, 5) is 0. The van der Waals surface area contributed by atoms with E-state index in [9.17, 15) is 0 Å². The molecule has 0 saturated carbocycles. The van der Waals surface area contributed by atoms with Crippen molar-refractivity contribution in [2.45, 2.75) is 94.9 Å². The summed E-state index contributed by atoms with van der Waals surface area (Å²) in [5.74, 6) is 1.26. The Bertz CT molecular complexity index is 656. The SMILES string of the molecule is CCCCCCCCCCCCCC(c1ccccc1)C(Br)Oc1ccc(Br)cc1. The molecule has 2 unspecified atom stereocenters. The van der Waals surface area contributed by atoms with Gasteiger partial charge in [0, 0.05) is 10.4 Å². The Hall–Kier alpha value is -0.800. The van der Waals surface area contributed by atoms with Crippen LogP contribution in [0, 0.1) is 0 Å². The van der Waals surface area contributed by atoms with Crippen LogP contribution in [-0.2, 0) is 0 Å². The van der Waals surface area contributed by atoms with Gasteiger partial charge in [-0.05, 0) is 52.2 Å². The molecule has 0 heterocycles. The van der Waals surface area contributed by atoms with Crippen molar-refractivity contribution >= 4 is 31.9 Å². The van der Waals surface area contributed by atoms with E-state index in [2.05, 4.69) is 69.1 Å². The zero-order valence-electron chi connectivity index (χ0n) is 18.5. The van der Waals surface area contributed by atoms with Crippen LogP contribution >= 0.6 is 31.9 Å². The van der Waals surface area contributed by atoms with Crippen molar-refractivity contribution in [3.05, 3.63) is 64.6 Å². The minimum absolute atomic E-state index is 0.0239. The standard InChI is InChI=1S/C27H38Br2O/c1-2-3-4-5-6-7-8-9-10-11-15-18-26(23-16-13-12-14-17-23)27(29)30-25-21-19-24(28)20-22-25/h12-14,16-17,19-22,26-27H,2-11,15,18H2,1H3. The Morgan fingerprint density at radius 1 is 0.700 bits per heavy atom. The highest BCUT2D eigenvalue weighted by Gasteiger charge is 2.22. The third-order valence-corrected chi connectivity index (χ3v) is 7.08. The quantitative estimate of drug-likeness (QED) is 0.153. The Kier molecular flexibility index (Phi) is 13.5. The largest absolute Gasteiger partial charge is 0.479 e. The van der Waals surface area contributed by atoms with Gasteiger partial charge in [-0.3, -0.25) is 0 Å². The fourth-order valence-corrected chi connectivity index (χ4v) is 4.95. The molecule has 0 N–H and O–H groups in total. The van der Waals surface area contributed by atoms with E-state index in [0.717, 1.165) is 16.6 Å². The van der Waals surface area contributed by atoms with E-state index in [1.54, 1.807) is 0 Å². The smallest absolute Gasteiger partial charge is 0.160 e. The first-order chi connectivity index (χ1) is 14.7. The predicted octanol–water partition coefficient (Wildman–Crippen LogP) is 10.0. The van der Waals surface area contributed by atoms with Gasteiger partial charge in [-0.15, -0.1) is 0 Å². The van der Waals surface area contributed by atoms with E-state index < -0.39 is 0 Å². The molecule has 2 aromatic carbocycles.